The van der Waals surface area contributed by atoms with Gasteiger partial charge < -0.3 is 16.0 Å². The van der Waals surface area contributed by atoms with Gasteiger partial charge in [-0.3, -0.25) is 0 Å². The maximum Gasteiger partial charge on any atom is 0.193 e. The Hall–Kier alpha value is -2.56. The van der Waals surface area contributed by atoms with Crippen molar-refractivity contribution in [2.24, 2.45) is 10.7 Å². The van der Waals surface area contributed by atoms with Crippen molar-refractivity contribution in [1.29, 1.82) is 0 Å². The van der Waals surface area contributed by atoms with Crippen LogP contribution in [0.4, 0.5) is 11.5 Å². The molecule has 0 radical (unpaired) electrons. The Morgan fingerprint density at radius 1 is 1.12 bits per heavy atom. The van der Waals surface area contributed by atoms with Crippen LogP contribution in [0, 0.1) is 20.8 Å². The fourth-order valence-corrected chi connectivity index (χ4v) is 3.30. The Morgan fingerprint density at radius 2 is 1.80 bits per heavy atom. The number of guanidine groups is 1. The number of benzene rings is 1. The van der Waals surface area contributed by atoms with Crippen LogP contribution in [0.2, 0.25) is 0 Å². The van der Waals surface area contributed by atoms with Gasteiger partial charge in [0.25, 0.3) is 0 Å². The second kappa shape index (κ2) is 7.55. The molecule has 0 saturated carbocycles. The number of rotatable bonds is 4. The van der Waals surface area contributed by atoms with Crippen molar-refractivity contribution in [2.75, 3.05) is 23.3 Å². The molecule has 1 fully saturated rings. The van der Waals surface area contributed by atoms with E-state index in [4.69, 9.17) is 10.7 Å². The fourth-order valence-electron chi connectivity index (χ4n) is 3.30. The summed E-state index contributed by atoms with van der Waals surface area (Å²) < 4.78 is 0. The molecule has 0 unspecified atom stereocenters. The molecule has 1 saturated heterocycles. The number of nitrogens with two attached hydrogens (primary N) is 1. The van der Waals surface area contributed by atoms with Crippen molar-refractivity contribution in [1.82, 2.24) is 4.98 Å². The lowest BCUT2D eigenvalue weighted by Gasteiger charge is -2.20. The van der Waals surface area contributed by atoms with Crippen LogP contribution in [0.1, 0.15) is 35.2 Å². The first kappa shape index (κ1) is 17.3. The predicted molar refractivity (Wildman–Crippen MR) is 105 cm³/mol. The summed E-state index contributed by atoms with van der Waals surface area (Å²) in [6.45, 7) is 8.86. The summed E-state index contributed by atoms with van der Waals surface area (Å²) >= 11 is 0. The van der Waals surface area contributed by atoms with E-state index in [-0.39, 0.29) is 0 Å². The molecule has 132 valence electrons. The van der Waals surface area contributed by atoms with Crippen molar-refractivity contribution in [3.63, 3.8) is 0 Å². The molecule has 5 nitrogen and oxygen atoms in total. The van der Waals surface area contributed by atoms with Crippen LogP contribution in [0.25, 0.3) is 0 Å². The zero-order valence-corrected chi connectivity index (χ0v) is 15.3. The summed E-state index contributed by atoms with van der Waals surface area (Å²) in [6.07, 6.45) is 2.46. The van der Waals surface area contributed by atoms with Crippen LogP contribution in [0.15, 0.2) is 35.3 Å². The van der Waals surface area contributed by atoms with E-state index in [0.717, 1.165) is 35.9 Å². The molecule has 1 aliphatic heterocycles. The van der Waals surface area contributed by atoms with Gasteiger partial charge in [-0.15, -0.1) is 0 Å². The van der Waals surface area contributed by atoms with Gasteiger partial charge in [-0.25, -0.2) is 9.98 Å². The zero-order valence-electron chi connectivity index (χ0n) is 15.3. The van der Waals surface area contributed by atoms with Crippen LogP contribution in [0.3, 0.4) is 0 Å². The Balaban J connectivity index is 1.74. The molecule has 3 N–H and O–H groups in total. The van der Waals surface area contributed by atoms with Crippen LogP contribution < -0.4 is 16.0 Å². The fraction of sp³-hybridized carbons (Fsp3) is 0.400. The summed E-state index contributed by atoms with van der Waals surface area (Å²) in [6, 6.07) is 10.4. The SMILES string of the molecule is Cc1cc(C)cc(NC(N)=NCc2ccc(C)nc2N2CCCC2)c1. The van der Waals surface area contributed by atoms with Crippen LogP contribution >= 0.6 is 0 Å². The maximum absolute atomic E-state index is 6.09. The van der Waals surface area contributed by atoms with Crippen LogP contribution in [-0.4, -0.2) is 24.0 Å². The van der Waals surface area contributed by atoms with Crippen LogP contribution in [-0.2, 0) is 6.54 Å². The molecule has 0 atom stereocenters. The van der Waals surface area contributed by atoms with E-state index in [9.17, 15) is 0 Å². The van der Waals surface area contributed by atoms with Gasteiger partial charge in [0.15, 0.2) is 5.96 Å². The average molecular weight is 337 g/mol. The molecule has 1 aromatic carbocycles. The second-order valence-electron chi connectivity index (χ2n) is 6.83. The Kier molecular flexibility index (Phi) is 5.22. The lowest BCUT2D eigenvalue weighted by atomic mass is 10.1. The summed E-state index contributed by atoms with van der Waals surface area (Å²) in [7, 11) is 0. The number of nitrogens with one attached hydrogen (secondary N) is 1. The molecular formula is C20H27N5. The monoisotopic (exact) mass is 337 g/mol. The summed E-state index contributed by atoms with van der Waals surface area (Å²) in [5.74, 6) is 1.48. The van der Waals surface area contributed by atoms with Gasteiger partial charge >= 0.3 is 0 Å². The normalized spacial score (nSPS) is 14.8. The van der Waals surface area contributed by atoms with Crippen molar-refractivity contribution < 1.29 is 0 Å². The third kappa shape index (κ3) is 4.50. The highest BCUT2D eigenvalue weighted by Gasteiger charge is 2.17. The molecule has 25 heavy (non-hydrogen) atoms. The standard InChI is InChI=1S/C20H27N5/c1-14-10-15(2)12-18(11-14)24-20(21)22-13-17-7-6-16(3)23-19(17)25-8-4-5-9-25/h6-7,10-12H,4-5,8-9,13H2,1-3H3,(H3,21,22,24). The molecule has 1 aromatic heterocycles. The first-order valence-electron chi connectivity index (χ1n) is 8.88. The third-order valence-electron chi connectivity index (χ3n) is 4.41. The lowest BCUT2D eigenvalue weighted by molar-refractivity contribution is 0.898. The minimum absolute atomic E-state index is 0.429. The van der Waals surface area contributed by atoms with Gasteiger partial charge in [-0.2, -0.15) is 0 Å². The van der Waals surface area contributed by atoms with E-state index in [1.165, 1.54) is 24.0 Å². The molecule has 0 aliphatic carbocycles. The van der Waals surface area contributed by atoms with Crippen molar-refractivity contribution in [3.05, 3.63) is 52.7 Å². The summed E-state index contributed by atoms with van der Waals surface area (Å²) in [5, 5.41) is 3.19. The second-order valence-corrected chi connectivity index (χ2v) is 6.83. The Bertz CT molecular complexity index is 755. The van der Waals surface area contributed by atoms with Gasteiger partial charge in [-0.05, 0) is 62.9 Å². The van der Waals surface area contributed by atoms with Crippen LogP contribution in [0.5, 0.6) is 0 Å². The number of anilines is 2. The molecule has 2 heterocycles. The van der Waals surface area contributed by atoms with Gasteiger partial charge in [0.05, 0.1) is 6.54 Å². The average Bonchev–Trinajstić information content (AvgIpc) is 3.07. The van der Waals surface area contributed by atoms with E-state index in [2.05, 4.69) is 53.3 Å². The lowest BCUT2D eigenvalue weighted by Crippen LogP contribution is -2.24. The molecular weight excluding hydrogens is 310 g/mol. The van der Waals surface area contributed by atoms with E-state index in [1.54, 1.807) is 0 Å². The smallest absolute Gasteiger partial charge is 0.193 e. The molecule has 5 heteroatoms. The van der Waals surface area contributed by atoms with E-state index in [1.807, 2.05) is 13.0 Å². The Labute approximate surface area is 150 Å². The quantitative estimate of drug-likeness (QED) is 0.661. The van der Waals surface area contributed by atoms with Crippen molar-refractivity contribution in [2.45, 2.75) is 40.2 Å². The van der Waals surface area contributed by atoms with Crippen molar-refractivity contribution in [3.8, 4) is 0 Å². The van der Waals surface area contributed by atoms with Gasteiger partial charge in [0, 0.05) is 30.0 Å². The van der Waals surface area contributed by atoms with Gasteiger partial charge in [0.2, 0.25) is 0 Å². The van der Waals surface area contributed by atoms with Gasteiger partial charge in [0.1, 0.15) is 5.82 Å². The minimum atomic E-state index is 0.429. The van der Waals surface area contributed by atoms with E-state index in [0.29, 0.717) is 12.5 Å². The number of pyridine rings is 1. The number of aryl methyl sites for hydroxylation is 3. The molecule has 2 aromatic rings. The largest absolute Gasteiger partial charge is 0.370 e. The highest BCUT2D eigenvalue weighted by molar-refractivity contribution is 5.92. The highest BCUT2D eigenvalue weighted by Crippen LogP contribution is 2.23. The number of nitrogens with zero attached hydrogens (tertiary/aromatic N) is 3. The number of hydrogen-bond donors (Lipinski definition) is 2. The molecule has 1 aliphatic rings. The number of aliphatic imine (C=N–C) groups is 1. The first-order valence-corrected chi connectivity index (χ1v) is 8.88. The number of aromatic nitrogens is 1. The number of hydrogen-bond acceptors (Lipinski definition) is 3. The van der Waals surface area contributed by atoms with E-state index < -0.39 is 0 Å². The van der Waals surface area contributed by atoms with Gasteiger partial charge in [-0.1, -0.05) is 12.1 Å². The minimum Gasteiger partial charge on any atom is -0.370 e. The molecule has 0 spiro atoms. The highest BCUT2D eigenvalue weighted by atomic mass is 15.2. The molecule has 0 amide bonds. The zero-order chi connectivity index (χ0) is 17.8. The predicted octanol–water partition coefficient (Wildman–Crippen LogP) is 3.53. The summed E-state index contributed by atoms with van der Waals surface area (Å²) in [4.78, 5) is 11.6. The first-order chi connectivity index (χ1) is 12.0. The van der Waals surface area contributed by atoms with Crippen molar-refractivity contribution >= 4 is 17.5 Å². The molecule has 0 bridgehead atoms. The topological polar surface area (TPSA) is 66.5 Å². The Morgan fingerprint density at radius 3 is 2.48 bits per heavy atom. The third-order valence-corrected chi connectivity index (χ3v) is 4.41. The maximum atomic E-state index is 6.09. The summed E-state index contributed by atoms with van der Waals surface area (Å²) in [5.41, 5.74) is 11.6. The van der Waals surface area contributed by atoms with E-state index >= 15 is 0 Å². The molecule has 3 rings (SSSR count).